The minimum atomic E-state index is -1.36. The monoisotopic (exact) mass is 562 g/mol. The van der Waals surface area contributed by atoms with Crippen LogP contribution in [0.4, 0.5) is 5.82 Å². The maximum atomic E-state index is 11.8. The zero-order valence-electron chi connectivity index (χ0n) is 21.4. The summed E-state index contributed by atoms with van der Waals surface area (Å²) < 4.78 is 14.9. The van der Waals surface area contributed by atoms with Crippen molar-refractivity contribution in [3.8, 4) is 11.8 Å². The zero-order valence-corrected chi connectivity index (χ0v) is 21.4. The predicted octanol–water partition coefficient (Wildman–Crippen LogP) is -4.33. The number of nitrogens with one attached hydrogen (secondary N) is 1. The van der Waals surface area contributed by atoms with Gasteiger partial charge in [-0.2, -0.15) is 4.98 Å². The molecule has 0 aromatic carbocycles. The van der Waals surface area contributed by atoms with Crippen molar-refractivity contribution in [1.82, 2.24) is 28.7 Å². The lowest BCUT2D eigenvalue weighted by Crippen LogP contribution is -2.36. The number of nitrogen functional groups attached to an aromatic ring is 1. The van der Waals surface area contributed by atoms with E-state index in [1.165, 1.54) is 23.4 Å². The fourth-order valence-corrected chi connectivity index (χ4v) is 4.43. The molecule has 2 aliphatic heterocycles. The smallest absolute Gasteiger partial charge is 0.351 e. The summed E-state index contributed by atoms with van der Waals surface area (Å²) in [6, 6.07) is 0. The molecular formula is C23H30N8O9. The molecule has 0 bridgehead atoms. The molecule has 3 aromatic heterocycles. The van der Waals surface area contributed by atoms with E-state index in [9.17, 15) is 25.2 Å². The van der Waals surface area contributed by atoms with Crippen LogP contribution in [-0.2, 0) is 16.5 Å². The molecular weight excluding hydrogens is 532 g/mol. The molecule has 2 aliphatic rings. The van der Waals surface area contributed by atoms with Crippen LogP contribution in [0.1, 0.15) is 24.9 Å². The molecule has 17 heteroatoms. The highest BCUT2D eigenvalue weighted by Gasteiger charge is 2.45. The number of aliphatic hydroxyl groups excluding tert-OH is 6. The summed E-state index contributed by atoms with van der Waals surface area (Å²) in [6.07, 6.45) is -4.68. The lowest BCUT2D eigenvalue weighted by molar-refractivity contribution is -0.0549. The Kier molecular flexibility index (Phi) is 8.62. The normalized spacial score (nSPS) is 29.6. The summed E-state index contributed by atoms with van der Waals surface area (Å²) in [5.41, 5.74) is 6.07. The van der Waals surface area contributed by atoms with Crippen LogP contribution in [0.2, 0.25) is 0 Å². The summed E-state index contributed by atoms with van der Waals surface area (Å²) in [6.45, 7) is 0.730. The van der Waals surface area contributed by atoms with Crippen molar-refractivity contribution >= 4 is 17.0 Å². The lowest BCUT2D eigenvalue weighted by Gasteiger charge is -2.17. The number of hydrogen-bond acceptors (Lipinski definition) is 14. The quantitative estimate of drug-likeness (QED) is 0.140. The Balaban J connectivity index is 0.000000185. The number of aromatic nitrogens is 6. The Morgan fingerprint density at radius 3 is 2.08 bits per heavy atom. The van der Waals surface area contributed by atoms with Gasteiger partial charge < -0.3 is 50.4 Å². The van der Waals surface area contributed by atoms with E-state index < -0.39 is 68.0 Å². The van der Waals surface area contributed by atoms with Crippen LogP contribution in [0.3, 0.4) is 0 Å². The van der Waals surface area contributed by atoms with Crippen LogP contribution in [0.15, 0.2) is 23.6 Å². The van der Waals surface area contributed by atoms with Crippen molar-refractivity contribution in [2.45, 2.75) is 56.0 Å². The molecule has 2 saturated heterocycles. The number of imidazole rings is 1. The molecule has 0 amide bonds. The summed E-state index contributed by atoms with van der Waals surface area (Å²) in [4.78, 5) is 23.4. The molecule has 2 fully saturated rings. The number of rotatable bonds is 4. The van der Waals surface area contributed by atoms with Gasteiger partial charge in [-0.3, -0.25) is 14.5 Å². The van der Waals surface area contributed by atoms with Crippen molar-refractivity contribution in [3.63, 3.8) is 0 Å². The van der Waals surface area contributed by atoms with E-state index in [1.807, 2.05) is 0 Å². The van der Waals surface area contributed by atoms with E-state index >= 15 is 0 Å². The average molecular weight is 563 g/mol. The van der Waals surface area contributed by atoms with Gasteiger partial charge in [0.2, 0.25) is 0 Å². The topological polar surface area (TPSA) is 260 Å². The number of fused-ring (bicyclic) bond motifs is 1. The molecule has 40 heavy (non-hydrogen) atoms. The second-order valence-corrected chi connectivity index (χ2v) is 9.09. The second-order valence-electron chi connectivity index (χ2n) is 9.09. The lowest BCUT2D eigenvalue weighted by atomic mass is 10.1. The van der Waals surface area contributed by atoms with Gasteiger partial charge in [0.25, 0.3) is 0 Å². The first-order valence-electron chi connectivity index (χ1n) is 12.0. The van der Waals surface area contributed by atoms with Gasteiger partial charge in [-0.05, 0) is 6.92 Å². The first-order chi connectivity index (χ1) is 19.0. The molecule has 5 heterocycles. The molecule has 17 nitrogen and oxygen atoms in total. The standard InChI is InChI=1S/C12H15N3O5.C11H15N5O4/c1-2-3-6-4-15(12(19)14-10(6)13)11-9(18)8(17)7(5-16)20-11;1-15-3-14-9(12)6-10(15)16(4-13-6)11-8(19)7(18)5(2-17)20-11/h4,7-9,11,16-18H,5H2,1H3,(H2,13,14,19);3-5,7-8,11-12,17-19H,2H2,1H3/t7-,8-,9-,11-;5-,7-,8-,11-/m11/s1. The molecule has 0 spiro atoms. The van der Waals surface area contributed by atoms with Gasteiger partial charge in [0, 0.05) is 13.2 Å². The Morgan fingerprint density at radius 2 is 1.55 bits per heavy atom. The summed E-state index contributed by atoms with van der Waals surface area (Å²) in [7, 11) is 1.73. The van der Waals surface area contributed by atoms with Gasteiger partial charge >= 0.3 is 5.69 Å². The van der Waals surface area contributed by atoms with Crippen LogP contribution >= 0.6 is 0 Å². The number of nitrogens with two attached hydrogens (primary N) is 1. The fourth-order valence-electron chi connectivity index (χ4n) is 4.43. The second kappa shape index (κ2) is 11.8. The van der Waals surface area contributed by atoms with Crippen molar-refractivity contribution < 1.29 is 40.1 Å². The molecule has 216 valence electrons. The SMILES string of the molecule is CC#Cc1cn([C@@H]2O[C@H](CO)[C@@H](O)[C@H]2O)c(=O)nc1N.Cn1cnc(=N)c2ncn([C@@H]3O[C@H](CO)[C@@H](O)[C@H]3O)c21. The number of aryl methyl sites for hydroxylation is 1. The van der Waals surface area contributed by atoms with Crippen molar-refractivity contribution in [1.29, 1.82) is 5.41 Å². The maximum Gasteiger partial charge on any atom is 0.351 e. The van der Waals surface area contributed by atoms with Crippen LogP contribution in [0.5, 0.6) is 0 Å². The van der Waals surface area contributed by atoms with E-state index in [2.05, 4.69) is 26.8 Å². The highest BCUT2D eigenvalue weighted by Crippen LogP contribution is 2.31. The van der Waals surface area contributed by atoms with Gasteiger partial charge in [-0.1, -0.05) is 5.92 Å². The first-order valence-corrected chi connectivity index (χ1v) is 12.0. The maximum absolute atomic E-state index is 11.8. The summed E-state index contributed by atoms with van der Waals surface area (Å²) in [5.74, 6) is 5.27. The molecule has 0 radical (unpaired) electrons. The molecule has 0 saturated carbocycles. The van der Waals surface area contributed by atoms with Crippen LogP contribution in [0.25, 0.3) is 11.2 Å². The van der Waals surface area contributed by atoms with E-state index in [1.54, 1.807) is 18.5 Å². The number of ether oxygens (including phenoxy) is 2. The fraction of sp³-hybridized carbons (Fsp3) is 0.522. The number of aliphatic hydroxyl groups is 6. The molecule has 3 aromatic rings. The van der Waals surface area contributed by atoms with E-state index in [0.717, 1.165) is 4.57 Å². The third-order valence-corrected chi connectivity index (χ3v) is 6.51. The Morgan fingerprint density at radius 1 is 0.975 bits per heavy atom. The van der Waals surface area contributed by atoms with Gasteiger partial charge in [0.05, 0.1) is 31.4 Å². The highest BCUT2D eigenvalue weighted by molar-refractivity contribution is 5.69. The minimum Gasteiger partial charge on any atom is -0.394 e. The van der Waals surface area contributed by atoms with Gasteiger partial charge in [-0.25, -0.2) is 14.8 Å². The number of anilines is 1. The Bertz CT molecular complexity index is 1540. The predicted molar refractivity (Wildman–Crippen MR) is 134 cm³/mol. The largest absolute Gasteiger partial charge is 0.394 e. The average Bonchev–Trinajstić information content (AvgIpc) is 3.59. The van der Waals surface area contributed by atoms with Crippen molar-refractivity contribution in [2.24, 2.45) is 7.05 Å². The Hall–Kier alpha value is -3.73. The van der Waals surface area contributed by atoms with Crippen molar-refractivity contribution in [3.05, 3.63) is 40.4 Å². The zero-order chi connectivity index (χ0) is 29.3. The number of hydrogen-bond donors (Lipinski definition) is 8. The molecule has 0 aliphatic carbocycles. The van der Waals surface area contributed by atoms with E-state index in [-0.39, 0.29) is 11.3 Å². The number of nitrogens with zero attached hydrogens (tertiary/aromatic N) is 6. The van der Waals surface area contributed by atoms with E-state index in [4.69, 9.17) is 30.8 Å². The van der Waals surface area contributed by atoms with E-state index in [0.29, 0.717) is 16.7 Å². The van der Waals surface area contributed by atoms with Gasteiger partial charge in [0.15, 0.2) is 17.9 Å². The van der Waals surface area contributed by atoms with Crippen LogP contribution in [-0.4, -0.2) is 109 Å². The first kappa shape index (κ1) is 29.3. The van der Waals surface area contributed by atoms with Crippen molar-refractivity contribution in [2.75, 3.05) is 18.9 Å². The van der Waals surface area contributed by atoms with Gasteiger partial charge in [-0.15, -0.1) is 5.92 Å². The molecule has 0 unspecified atom stereocenters. The molecule has 5 rings (SSSR count). The third-order valence-electron chi connectivity index (χ3n) is 6.51. The van der Waals surface area contributed by atoms with Gasteiger partial charge in [0.1, 0.15) is 53.6 Å². The summed E-state index contributed by atoms with van der Waals surface area (Å²) >= 11 is 0. The van der Waals surface area contributed by atoms with Crippen LogP contribution < -0.4 is 16.9 Å². The molecule has 8 atom stereocenters. The summed E-state index contributed by atoms with van der Waals surface area (Å²) in [5, 5.41) is 65.3. The molecule has 9 N–H and O–H groups in total. The third kappa shape index (κ3) is 5.22. The minimum absolute atomic E-state index is 0.0172. The van der Waals surface area contributed by atoms with Crippen LogP contribution in [0, 0.1) is 17.3 Å². The Labute approximate surface area is 225 Å². The highest BCUT2D eigenvalue weighted by atomic mass is 16.6.